The van der Waals surface area contributed by atoms with Crippen LogP contribution >= 0.6 is 31.9 Å². The van der Waals surface area contributed by atoms with E-state index in [0.717, 1.165) is 4.47 Å². The third kappa shape index (κ3) is 2.91. The fraction of sp³-hybridized carbons (Fsp3) is 0.0909. The van der Waals surface area contributed by atoms with Crippen molar-refractivity contribution in [3.05, 3.63) is 55.3 Å². The van der Waals surface area contributed by atoms with Gasteiger partial charge in [-0.15, -0.1) is 0 Å². The lowest BCUT2D eigenvalue weighted by Gasteiger charge is -2.06. The second-order valence-electron chi connectivity index (χ2n) is 3.46. The number of hydrogen-bond acceptors (Lipinski definition) is 4. The van der Waals surface area contributed by atoms with Crippen molar-refractivity contribution in [1.82, 2.24) is 0 Å². The van der Waals surface area contributed by atoms with Crippen molar-refractivity contribution in [1.29, 1.82) is 0 Å². The Morgan fingerprint density at radius 1 is 1.33 bits per heavy atom. The molecule has 0 bridgehead atoms. The molecule has 0 spiro atoms. The highest BCUT2D eigenvalue weighted by Gasteiger charge is 2.14. The molecule has 7 heteroatoms. The van der Waals surface area contributed by atoms with Crippen molar-refractivity contribution in [2.75, 3.05) is 5.32 Å². The molecule has 0 saturated heterocycles. The molecule has 0 saturated carbocycles. The molecule has 18 heavy (non-hydrogen) atoms. The van der Waals surface area contributed by atoms with E-state index < -0.39 is 4.92 Å². The monoisotopic (exact) mass is 374 g/mol. The molecule has 0 aliphatic rings. The minimum atomic E-state index is -0.426. The van der Waals surface area contributed by atoms with E-state index in [1.54, 1.807) is 24.5 Å². The van der Waals surface area contributed by atoms with Crippen LogP contribution in [0, 0.1) is 10.1 Å². The Morgan fingerprint density at radius 3 is 2.72 bits per heavy atom. The zero-order valence-electron chi connectivity index (χ0n) is 9.02. The van der Waals surface area contributed by atoms with Gasteiger partial charge in [0.2, 0.25) is 0 Å². The second kappa shape index (κ2) is 5.53. The highest BCUT2D eigenvalue weighted by Crippen LogP contribution is 2.29. The molecule has 0 radical (unpaired) electrons. The molecular weight excluding hydrogens is 368 g/mol. The maximum Gasteiger partial charge on any atom is 0.293 e. The summed E-state index contributed by atoms with van der Waals surface area (Å²) in [6, 6.07) is 6.62. The van der Waals surface area contributed by atoms with E-state index in [1.165, 1.54) is 6.07 Å². The van der Waals surface area contributed by atoms with Crippen molar-refractivity contribution in [3.63, 3.8) is 0 Å². The molecule has 1 aromatic heterocycles. The van der Waals surface area contributed by atoms with Gasteiger partial charge in [-0.05, 0) is 34.1 Å². The molecule has 94 valence electrons. The zero-order chi connectivity index (χ0) is 13.1. The normalized spacial score (nSPS) is 10.3. The van der Waals surface area contributed by atoms with E-state index in [2.05, 4.69) is 37.2 Å². The summed E-state index contributed by atoms with van der Waals surface area (Å²) in [5.74, 6) is 0.687. The minimum Gasteiger partial charge on any atom is -0.466 e. The maximum atomic E-state index is 10.9. The first-order valence-corrected chi connectivity index (χ1v) is 6.56. The number of hydrogen-bond donors (Lipinski definition) is 1. The molecule has 0 atom stereocenters. The van der Waals surface area contributed by atoms with Crippen LogP contribution in [0.2, 0.25) is 0 Å². The molecule has 2 rings (SSSR count). The van der Waals surface area contributed by atoms with E-state index in [0.29, 0.717) is 22.5 Å². The van der Waals surface area contributed by atoms with Crippen molar-refractivity contribution in [3.8, 4) is 0 Å². The van der Waals surface area contributed by atoms with Gasteiger partial charge in [-0.25, -0.2) is 0 Å². The van der Waals surface area contributed by atoms with Gasteiger partial charge in [0.1, 0.15) is 11.4 Å². The van der Waals surface area contributed by atoms with Crippen LogP contribution in [-0.2, 0) is 6.54 Å². The predicted molar refractivity (Wildman–Crippen MR) is 74.5 cm³/mol. The van der Waals surface area contributed by atoms with Gasteiger partial charge in [0, 0.05) is 10.5 Å². The summed E-state index contributed by atoms with van der Waals surface area (Å²) in [4.78, 5) is 10.5. The van der Waals surface area contributed by atoms with Crippen LogP contribution in [0.4, 0.5) is 11.4 Å². The van der Waals surface area contributed by atoms with Gasteiger partial charge in [-0.3, -0.25) is 10.1 Å². The zero-order valence-corrected chi connectivity index (χ0v) is 12.2. The third-order valence-corrected chi connectivity index (χ3v) is 3.49. The Balaban J connectivity index is 2.19. The van der Waals surface area contributed by atoms with Gasteiger partial charge >= 0.3 is 0 Å². The van der Waals surface area contributed by atoms with E-state index >= 15 is 0 Å². The van der Waals surface area contributed by atoms with Gasteiger partial charge < -0.3 is 9.73 Å². The number of halogens is 2. The number of rotatable bonds is 4. The van der Waals surface area contributed by atoms with Gasteiger partial charge in [-0.2, -0.15) is 0 Å². The summed E-state index contributed by atoms with van der Waals surface area (Å²) in [6.07, 6.45) is 1.55. The number of benzene rings is 1. The molecule has 2 aromatic rings. The largest absolute Gasteiger partial charge is 0.466 e. The summed E-state index contributed by atoms with van der Waals surface area (Å²) < 4.78 is 6.72. The molecule has 1 N–H and O–H groups in total. The number of anilines is 1. The number of nitrogens with zero attached hydrogens (tertiary/aromatic N) is 1. The lowest BCUT2D eigenvalue weighted by Crippen LogP contribution is -2.02. The van der Waals surface area contributed by atoms with Crippen molar-refractivity contribution >= 4 is 43.2 Å². The number of nitrogens with one attached hydrogen (secondary N) is 1. The summed E-state index contributed by atoms with van der Waals surface area (Å²) in [6.45, 7) is 0.371. The van der Waals surface area contributed by atoms with Crippen molar-refractivity contribution in [2.24, 2.45) is 0 Å². The average Bonchev–Trinajstić information content (AvgIpc) is 2.73. The fourth-order valence-electron chi connectivity index (χ4n) is 1.43. The predicted octanol–water partition coefficient (Wildman–Crippen LogP) is 4.32. The van der Waals surface area contributed by atoms with Crippen LogP contribution < -0.4 is 5.32 Å². The standard InChI is InChI=1S/C11H8Br2N2O3/c12-7-1-2-9(10(5-7)15(16)17)14-6-11-8(13)3-4-18-11/h1-5,14H,6H2. The first-order valence-electron chi connectivity index (χ1n) is 4.97. The summed E-state index contributed by atoms with van der Waals surface area (Å²) in [7, 11) is 0. The molecular formula is C11H8Br2N2O3. The molecule has 0 amide bonds. The quantitative estimate of drug-likeness (QED) is 0.638. The smallest absolute Gasteiger partial charge is 0.293 e. The minimum absolute atomic E-state index is 0.0204. The first kappa shape index (κ1) is 13.1. The molecule has 0 aliphatic heterocycles. The summed E-state index contributed by atoms with van der Waals surface area (Å²) >= 11 is 6.53. The SMILES string of the molecule is O=[N+]([O-])c1cc(Br)ccc1NCc1occc1Br. The fourth-order valence-corrected chi connectivity index (χ4v) is 2.12. The van der Waals surface area contributed by atoms with Gasteiger partial charge in [0.15, 0.2) is 0 Å². The Kier molecular flexibility index (Phi) is 4.03. The maximum absolute atomic E-state index is 10.9. The lowest BCUT2D eigenvalue weighted by molar-refractivity contribution is -0.384. The van der Waals surface area contributed by atoms with Crippen LogP contribution in [0.3, 0.4) is 0 Å². The molecule has 1 aromatic carbocycles. The van der Waals surface area contributed by atoms with E-state index in [-0.39, 0.29) is 5.69 Å². The summed E-state index contributed by atoms with van der Waals surface area (Å²) in [5.41, 5.74) is 0.471. The number of nitro benzene ring substituents is 1. The summed E-state index contributed by atoms with van der Waals surface area (Å²) in [5, 5.41) is 13.9. The van der Waals surface area contributed by atoms with Crippen LogP contribution in [-0.4, -0.2) is 4.92 Å². The molecule has 0 aliphatic carbocycles. The molecule has 1 heterocycles. The van der Waals surface area contributed by atoms with Crippen molar-refractivity contribution in [2.45, 2.75) is 6.54 Å². The Morgan fingerprint density at radius 2 is 2.11 bits per heavy atom. The second-order valence-corrected chi connectivity index (χ2v) is 5.23. The highest BCUT2D eigenvalue weighted by atomic mass is 79.9. The molecule has 0 fully saturated rings. The Hall–Kier alpha value is -1.34. The topological polar surface area (TPSA) is 68.3 Å². The molecule has 0 unspecified atom stereocenters. The lowest BCUT2D eigenvalue weighted by atomic mass is 10.2. The van der Waals surface area contributed by atoms with Crippen LogP contribution in [0.25, 0.3) is 0 Å². The van der Waals surface area contributed by atoms with Crippen LogP contribution in [0.15, 0.2) is 43.9 Å². The van der Waals surface area contributed by atoms with Crippen LogP contribution in [0.5, 0.6) is 0 Å². The van der Waals surface area contributed by atoms with Gasteiger partial charge in [0.25, 0.3) is 5.69 Å². The Labute approximate surface area is 120 Å². The number of nitro groups is 1. The van der Waals surface area contributed by atoms with E-state index in [9.17, 15) is 10.1 Å². The van der Waals surface area contributed by atoms with E-state index in [4.69, 9.17) is 4.42 Å². The number of furan rings is 1. The van der Waals surface area contributed by atoms with E-state index in [1.807, 2.05) is 0 Å². The third-order valence-electron chi connectivity index (χ3n) is 2.29. The van der Waals surface area contributed by atoms with Crippen LogP contribution in [0.1, 0.15) is 5.76 Å². The van der Waals surface area contributed by atoms with Gasteiger partial charge in [0.05, 0.1) is 22.2 Å². The van der Waals surface area contributed by atoms with Gasteiger partial charge in [-0.1, -0.05) is 15.9 Å². The average molecular weight is 376 g/mol. The molecule has 5 nitrogen and oxygen atoms in total. The first-order chi connectivity index (χ1) is 8.58. The highest BCUT2D eigenvalue weighted by molar-refractivity contribution is 9.10. The van der Waals surface area contributed by atoms with Crippen molar-refractivity contribution < 1.29 is 9.34 Å². The Bertz CT molecular complexity index is 583.